The highest BCUT2D eigenvalue weighted by Crippen LogP contribution is 2.32. The molecule has 0 spiro atoms. The minimum absolute atomic E-state index is 0.156. The molecule has 1 aromatic carbocycles. The second-order valence-corrected chi connectivity index (χ2v) is 8.97. The molecule has 124 valence electrons. The van der Waals surface area contributed by atoms with Crippen LogP contribution in [0.25, 0.3) is 0 Å². The Morgan fingerprint density at radius 1 is 1.32 bits per heavy atom. The minimum atomic E-state index is -3.15. The minimum Gasteiger partial charge on any atom is -0.493 e. The van der Waals surface area contributed by atoms with Crippen molar-refractivity contribution in [2.24, 2.45) is 5.92 Å². The predicted octanol–water partition coefficient (Wildman–Crippen LogP) is 2.81. The van der Waals surface area contributed by atoms with E-state index in [2.05, 4.69) is 18.7 Å². The first-order chi connectivity index (χ1) is 10.2. The van der Waals surface area contributed by atoms with Gasteiger partial charge in [-0.15, -0.1) is 11.6 Å². The van der Waals surface area contributed by atoms with Crippen molar-refractivity contribution in [1.82, 2.24) is 4.90 Å². The summed E-state index contributed by atoms with van der Waals surface area (Å²) in [5, 5.41) is 0. The average molecular weight is 346 g/mol. The summed E-state index contributed by atoms with van der Waals surface area (Å²) in [6.45, 7) is 7.00. The van der Waals surface area contributed by atoms with Crippen LogP contribution in [-0.4, -0.2) is 50.7 Å². The topological polar surface area (TPSA) is 46.6 Å². The van der Waals surface area contributed by atoms with Crippen molar-refractivity contribution in [1.29, 1.82) is 0 Å². The zero-order valence-corrected chi connectivity index (χ0v) is 15.0. The number of alkyl halides is 1. The van der Waals surface area contributed by atoms with Crippen LogP contribution in [0.15, 0.2) is 29.2 Å². The van der Waals surface area contributed by atoms with Crippen molar-refractivity contribution in [3.05, 3.63) is 24.3 Å². The summed E-state index contributed by atoms with van der Waals surface area (Å²) in [5.74, 6) is 1.82. The molecule has 22 heavy (non-hydrogen) atoms. The summed E-state index contributed by atoms with van der Waals surface area (Å²) >= 11 is 5.86. The number of halogens is 1. The average Bonchev–Trinajstić information content (AvgIpc) is 2.71. The van der Waals surface area contributed by atoms with E-state index in [9.17, 15) is 8.42 Å². The lowest BCUT2D eigenvalue weighted by Crippen LogP contribution is -2.39. The monoisotopic (exact) mass is 345 g/mol. The number of ether oxygens (including phenoxy) is 1. The lowest BCUT2D eigenvalue weighted by Gasteiger charge is -2.30. The summed E-state index contributed by atoms with van der Waals surface area (Å²) < 4.78 is 28.7. The van der Waals surface area contributed by atoms with Crippen molar-refractivity contribution in [2.75, 3.05) is 31.8 Å². The van der Waals surface area contributed by atoms with Crippen LogP contribution in [0.2, 0.25) is 0 Å². The first kappa shape index (κ1) is 17.6. The molecule has 1 aliphatic rings. The van der Waals surface area contributed by atoms with Gasteiger partial charge in [0.1, 0.15) is 5.75 Å². The lowest BCUT2D eigenvalue weighted by molar-refractivity contribution is 0.184. The zero-order valence-electron chi connectivity index (χ0n) is 13.4. The van der Waals surface area contributed by atoms with Crippen LogP contribution in [0.4, 0.5) is 0 Å². The Morgan fingerprint density at radius 2 is 1.95 bits per heavy atom. The third-order valence-electron chi connectivity index (χ3n) is 4.21. The van der Waals surface area contributed by atoms with Gasteiger partial charge >= 0.3 is 0 Å². The van der Waals surface area contributed by atoms with E-state index >= 15 is 0 Å². The maximum Gasteiger partial charge on any atom is 0.175 e. The molecule has 0 aliphatic carbocycles. The third-order valence-corrected chi connectivity index (χ3v) is 5.51. The molecule has 0 saturated carbocycles. The number of nitrogens with zero attached hydrogens (tertiary/aromatic N) is 1. The van der Waals surface area contributed by atoms with Gasteiger partial charge in [0, 0.05) is 36.7 Å². The molecule has 0 amide bonds. The molecule has 4 nitrogen and oxygen atoms in total. The SMILES string of the molecule is CC1(C)C[C@H](COc2ccc(S(C)(=O)=O)cc2)CN1CCCl. The van der Waals surface area contributed by atoms with Crippen molar-refractivity contribution in [3.63, 3.8) is 0 Å². The van der Waals surface area contributed by atoms with Crippen LogP contribution < -0.4 is 4.74 Å². The van der Waals surface area contributed by atoms with E-state index in [-0.39, 0.29) is 5.54 Å². The number of likely N-dealkylation sites (tertiary alicyclic amines) is 1. The molecule has 0 radical (unpaired) electrons. The molecule has 1 saturated heterocycles. The Labute approximate surface area is 138 Å². The molecule has 1 atom stereocenters. The van der Waals surface area contributed by atoms with Gasteiger partial charge in [-0.05, 0) is 44.5 Å². The highest BCUT2D eigenvalue weighted by Gasteiger charge is 2.37. The standard InChI is InChI=1S/C16H24ClNO3S/c1-16(2)10-13(11-18(16)9-8-17)12-21-14-4-6-15(7-5-14)22(3,19)20/h4-7,13H,8-12H2,1-3H3/t13-/m0/s1. The largest absolute Gasteiger partial charge is 0.493 e. The number of sulfone groups is 1. The Hall–Kier alpha value is -0.780. The fourth-order valence-electron chi connectivity index (χ4n) is 3.06. The Morgan fingerprint density at radius 3 is 2.50 bits per heavy atom. The van der Waals surface area contributed by atoms with E-state index in [0.29, 0.717) is 29.0 Å². The molecular weight excluding hydrogens is 322 g/mol. The van der Waals surface area contributed by atoms with Crippen LogP contribution in [0.1, 0.15) is 20.3 Å². The second-order valence-electron chi connectivity index (χ2n) is 6.57. The lowest BCUT2D eigenvalue weighted by atomic mass is 9.97. The van der Waals surface area contributed by atoms with Gasteiger partial charge in [0.2, 0.25) is 0 Å². The van der Waals surface area contributed by atoms with Gasteiger partial charge < -0.3 is 4.74 Å². The van der Waals surface area contributed by atoms with Crippen molar-refractivity contribution in [2.45, 2.75) is 30.7 Å². The molecule has 0 N–H and O–H groups in total. The van der Waals surface area contributed by atoms with E-state index < -0.39 is 9.84 Å². The van der Waals surface area contributed by atoms with Crippen molar-refractivity contribution < 1.29 is 13.2 Å². The molecular formula is C16H24ClNO3S. The van der Waals surface area contributed by atoms with E-state index in [1.54, 1.807) is 24.3 Å². The molecule has 1 aliphatic heterocycles. The van der Waals surface area contributed by atoms with E-state index in [4.69, 9.17) is 16.3 Å². The van der Waals surface area contributed by atoms with Crippen LogP contribution in [0, 0.1) is 5.92 Å². The Balaban J connectivity index is 1.91. The van der Waals surface area contributed by atoms with Crippen molar-refractivity contribution in [3.8, 4) is 5.75 Å². The summed E-state index contributed by atoms with van der Waals surface area (Å²) in [6.07, 6.45) is 2.28. The van der Waals surface area contributed by atoms with Gasteiger partial charge in [-0.1, -0.05) is 0 Å². The number of hydrogen-bond acceptors (Lipinski definition) is 4. The maximum atomic E-state index is 11.4. The van der Waals surface area contributed by atoms with Gasteiger partial charge in [-0.3, -0.25) is 4.90 Å². The van der Waals surface area contributed by atoms with E-state index in [1.165, 1.54) is 6.26 Å². The quantitative estimate of drug-likeness (QED) is 0.744. The van der Waals surface area contributed by atoms with Gasteiger partial charge in [0.15, 0.2) is 9.84 Å². The first-order valence-corrected chi connectivity index (χ1v) is 9.89. The summed E-state index contributed by atoms with van der Waals surface area (Å²) in [4.78, 5) is 2.72. The number of hydrogen-bond donors (Lipinski definition) is 0. The summed E-state index contributed by atoms with van der Waals surface area (Å²) in [7, 11) is -3.15. The van der Waals surface area contributed by atoms with Gasteiger partial charge in [0.05, 0.1) is 11.5 Å². The molecule has 0 aromatic heterocycles. The second kappa shape index (κ2) is 6.77. The summed E-state index contributed by atoms with van der Waals surface area (Å²) in [6, 6.07) is 6.60. The fourth-order valence-corrected chi connectivity index (χ4v) is 3.90. The highest BCUT2D eigenvalue weighted by molar-refractivity contribution is 7.90. The maximum absolute atomic E-state index is 11.4. The van der Waals surface area contributed by atoms with E-state index in [1.807, 2.05) is 0 Å². The molecule has 1 fully saturated rings. The van der Waals surface area contributed by atoms with Crippen LogP contribution >= 0.6 is 11.6 Å². The smallest absolute Gasteiger partial charge is 0.175 e. The first-order valence-electron chi connectivity index (χ1n) is 7.46. The van der Waals surface area contributed by atoms with Crippen LogP contribution in [-0.2, 0) is 9.84 Å². The number of rotatable bonds is 6. The molecule has 6 heteroatoms. The zero-order chi connectivity index (χ0) is 16.4. The highest BCUT2D eigenvalue weighted by atomic mass is 35.5. The van der Waals surface area contributed by atoms with Gasteiger partial charge in [-0.25, -0.2) is 8.42 Å². The van der Waals surface area contributed by atoms with E-state index in [0.717, 1.165) is 19.5 Å². The molecule has 2 rings (SSSR count). The third kappa shape index (κ3) is 4.37. The number of benzene rings is 1. The molecule has 1 heterocycles. The summed E-state index contributed by atoms with van der Waals surface area (Å²) in [5.41, 5.74) is 0.156. The molecule has 0 bridgehead atoms. The normalized spacial score (nSPS) is 21.9. The van der Waals surface area contributed by atoms with Gasteiger partial charge in [0.25, 0.3) is 0 Å². The van der Waals surface area contributed by atoms with Crippen LogP contribution in [0.3, 0.4) is 0 Å². The van der Waals surface area contributed by atoms with Gasteiger partial charge in [-0.2, -0.15) is 0 Å². The Kier molecular flexibility index (Phi) is 5.41. The predicted molar refractivity (Wildman–Crippen MR) is 89.5 cm³/mol. The molecule has 0 unspecified atom stereocenters. The van der Waals surface area contributed by atoms with Crippen molar-refractivity contribution >= 4 is 21.4 Å². The molecule has 1 aromatic rings. The Bertz CT molecular complexity index is 598. The van der Waals surface area contributed by atoms with Crippen LogP contribution in [0.5, 0.6) is 5.75 Å². The fraction of sp³-hybridized carbons (Fsp3) is 0.625.